The zero-order chi connectivity index (χ0) is 14.7. The first-order chi connectivity index (χ1) is 10.3. The van der Waals surface area contributed by atoms with Crippen LogP contribution in [-0.4, -0.2) is 16.6 Å². The fraction of sp³-hybridized carbons (Fsp3) is 0.125. The summed E-state index contributed by atoms with van der Waals surface area (Å²) >= 11 is 0. The molecule has 21 heavy (non-hydrogen) atoms. The summed E-state index contributed by atoms with van der Waals surface area (Å²) in [5.41, 5.74) is 7.17. The van der Waals surface area contributed by atoms with Crippen LogP contribution in [0.1, 0.15) is 6.92 Å². The van der Waals surface area contributed by atoms with E-state index in [-0.39, 0.29) is 0 Å². The molecule has 0 aliphatic heterocycles. The van der Waals surface area contributed by atoms with E-state index in [1.165, 1.54) is 6.33 Å². The minimum absolute atomic E-state index is 0.479. The molecular formula is C16H15N3O2. The van der Waals surface area contributed by atoms with Crippen LogP contribution in [0.15, 0.2) is 48.8 Å². The maximum absolute atomic E-state index is 5.90. The van der Waals surface area contributed by atoms with Gasteiger partial charge in [0.1, 0.15) is 6.33 Å². The summed E-state index contributed by atoms with van der Waals surface area (Å²) in [6, 6.07) is 12.9. The Labute approximate surface area is 122 Å². The fourth-order valence-electron chi connectivity index (χ4n) is 2.04. The predicted molar refractivity (Wildman–Crippen MR) is 81.6 cm³/mol. The van der Waals surface area contributed by atoms with Gasteiger partial charge in [0.15, 0.2) is 11.5 Å². The third kappa shape index (κ3) is 2.72. The van der Waals surface area contributed by atoms with Crippen LogP contribution in [0.2, 0.25) is 0 Å². The Morgan fingerprint density at radius 2 is 1.86 bits per heavy atom. The highest BCUT2D eigenvalue weighted by Crippen LogP contribution is 2.33. The second-order valence-electron chi connectivity index (χ2n) is 4.44. The van der Waals surface area contributed by atoms with Crippen molar-refractivity contribution in [1.82, 2.24) is 9.97 Å². The second-order valence-corrected chi connectivity index (χ2v) is 4.44. The van der Waals surface area contributed by atoms with E-state index in [4.69, 9.17) is 15.2 Å². The molecule has 1 heterocycles. The van der Waals surface area contributed by atoms with E-state index < -0.39 is 0 Å². The quantitative estimate of drug-likeness (QED) is 0.742. The van der Waals surface area contributed by atoms with Crippen molar-refractivity contribution in [3.05, 3.63) is 48.8 Å². The van der Waals surface area contributed by atoms with Crippen LogP contribution in [0.25, 0.3) is 10.9 Å². The van der Waals surface area contributed by atoms with Crippen LogP contribution in [0.5, 0.6) is 17.4 Å². The van der Waals surface area contributed by atoms with Crippen molar-refractivity contribution in [2.24, 2.45) is 0 Å². The van der Waals surface area contributed by atoms with Crippen molar-refractivity contribution >= 4 is 16.6 Å². The average Bonchev–Trinajstić information content (AvgIpc) is 2.49. The van der Waals surface area contributed by atoms with Gasteiger partial charge in [0.2, 0.25) is 5.88 Å². The van der Waals surface area contributed by atoms with Gasteiger partial charge >= 0.3 is 0 Å². The lowest BCUT2D eigenvalue weighted by molar-refractivity contribution is 0.320. The van der Waals surface area contributed by atoms with Gasteiger partial charge in [-0.15, -0.1) is 0 Å². The molecule has 0 saturated carbocycles. The Hall–Kier alpha value is -2.82. The van der Waals surface area contributed by atoms with Crippen molar-refractivity contribution < 1.29 is 9.47 Å². The first-order valence-electron chi connectivity index (χ1n) is 6.68. The summed E-state index contributed by atoms with van der Waals surface area (Å²) < 4.78 is 11.5. The third-order valence-electron chi connectivity index (χ3n) is 2.98. The Morgan fingerprint density at radius 3 is 2.67 bits per heavy atom. The van der Waals surface area contributed by atoms with Gasteiger partial charge in [-0.3, -0.25) is 0 Å². The number of nitrogens with zero attached hydrogens (tertiary/aromatic N) is 2. The van der Waals surface area contributed by atoms with Gasteiger partial charge in [-0.2, -0.15) is 0 Å². The van der Waals surface area contributed by atoms with Crippen LogP contribution >= 0.6 is 0 Å². The minimum atomic E-state index is 0.479. The van der Waals surface area contributed by atoms with Crippen molar-refractivity contribution in [2.45, 2.75) is 6.92 Å². The topological polar surface area (TPSA) is 70.3 Å². The molecule has 0 unspecified atom stereocenters. The predicted octanol–water partition coefficient (Wildman–Crippen LogP) is 3.40. The van der Waals surface area contributed by atoms with Crippen LogP contribution in [-0.2, 0) is 0 Å². The fourth-order valence-corrected chi connectivity index (χ4v) is 2.04. The zero-order valence-electron chi connectivity index (χ0n) is 11.6. The molecule has 2 aromatic carbocycles. The summed E-state index contributed by atoms with van der Waals surface area (Å²) in [6.45, 7) is 2.50. The molecule has 0 amide bonds. The minimum Gasteiger partial charge on any atom is -0.490 e. The number of benzene rings is 2. The van der Waals surface area contributed by atoms with Crippen molar-refractivity contribution in [2.75, 3.05) is 12.3 Å². The highest BCUT2D eigenvalue weighted by molar-refractivity contribution is 5.86. The molecule has 0 radical (unpaired) electrons. The lowest BCUT2D eigenvalue weighted by Crippen LogP contribution is -1.97. The summed E-state index contributed by atoms with van der Waals surface area (Å²) in [4.78, 5) is 8.40. The van der Waals surface area contributed by atoms with Crippen molar-refractivity contribution in [3.63, 3.8) is 0 Å². The SMILES string of the molecule is CCOc1ccccc1Oc1ncnc2cc(N)ccc12. The first kappa shape index (κ1) is 13.2. The number of anilines is 1. The molecule has 0 fully saturated rings. The maximum Gasteiger partial charge on any atom is 0.230 e. The molecule has 1 aromatic heterocycles. The van der Waals surface area contributed by atoms with E-state index in [1.54, 1.807) is 12.1 Å². The summed E-state index contributed by atoms with van der Waals surface area (Å²) in [7, 11) is 0. The normalized spacial score (nSPS) is 10.5. The molecule has 5 nitrogen and oxygen atoms in total. The van der Waals surface area contributed by atoms with E-state index in [2.05, 4.69) is 9.97 Å². The average molecular weight is 281 g/mol. The molecule has 0 saturated heterocycles. The lowest BCUT2D eigenvalue weighted by Gasteiger charge is -2.11. The molecule has 3 aromatic rings. The molecule has 3 rings (SSSR count). The number of fused-ring (bicyclic) bond motifs is 1. The number of aromatic nitrogens is 2. The lowest BCUT2D eigenvalue weighted by atomic mass is 10.2. The van der Waals surface area contributed by atoms with Gasteiger partial charge in [-0.25, -0.2) is 9.97 Å². The molecular weight excluding hydrogens is 266 g/mol. The number of nitrogens with two attached hydrogens (primary N) is 1. The highest BCUT2D eigenvalue weighted by Gasteiger charge is 2.10. The van der Waals surface area contributed by atoms with Gasteiger partial charge in [0.25, 0.3) is 0 Å². The maximum atomic E-state index is 5.90. The van der Waals surface area contributed by atoms with Crippen LogP contribution in [0.4, 0.5) is 5.69 Å². The number of ether oxygens (including phenoxy) is 2. The number of hydrogen-bond donors (Lipinski definition) is 1. The number of rotatable bonds is 4. The van der Waals surface area contributed by atoms with Gasteiger partial charge in [-0.1, -0.05) is 12.1 Å². The Bertz CT molecular complexity index is 774. The van der Waals surface area contributed by atoms with Crippen LogP contribution < -0.4 is 15.2 Å². The second kappa shape index (κ2) is 5.66. The molecule has 0 atom stereocenters. The molecule has 0 aliphatic carbocycles. The summed E-state index contributed by atoms with van der Waals surface area (Å²) in [5.74, 6) is 1.78. The Morgan fingerprint density at radius 1 is 1.05 bits per heavy atom. The molecule has 5 heteroatoms. The molecule has 0 spiro atoms. The molecule has 0 bridgehead atoms. The number of para-hydroxylation sites is 2. The molecule has 0 aliphatic rings. The Kier molecular flexibility index (Phi) is 3.55. The van der Waals surface area contributed by atoms with E-state index in [0.29, 0.717) is 29.7 Å². The summed E-state index contributed by atoms with van der Waals surface area (Å²) in [5, 5.41) is 0.804. The smallest absolute Gasteiger partial charge is 0.230 e. The molecule has 106 valence electrons. The zero-order valence-corrected chi connectivity index (χ0v) is 11.6. The van der Waals surface area contributed by atoms with Crippen LogP contribution in [0, 0.1) is 0 Å². The largest absolute Gasteiger partial charge is 0.490 e. The van der Waals surface area contributed by atoms with E-state index in [1.807, 2.05) is 37.3 Å². The monoisotopic (exact) mass is 281 g/mol. The van der Waals surface area contributed by atoms with Crippen molar-refractivity contribution in [1.29, 1.82) is 0 Å². The first-order valence-corrected chi connectivity index (χ1v) is 6.68. The highest BCUT2D eigenvalue weighted by atomic mass is 16.5. The third-order valence-corrected chi connectivity index (χ3v) is 2.98. The molecule has 2 N–H and O–H groups in total. The van der Waals surface area contributed by atoms with Gasteiger partial charge in [0, 0.05) is 5.69 Å². The Balaban J connectivity index is 2.02. The number of hydrogen-bond acceptors (Lipinski definition) is 5. The van der Waals surface area contributed by atoms with Crippen molar-refractivity contribution in [3.8, 4) is 17.4 Å². The number of nitrogen functional groups attached to an aromatic ring is 1. The van der Waals surface area contributed by atoms with E-state index in [0.717, 1.165) is 10.9 Å². The van der Waals surface area contributed by atoms with Gasteiger partial charge in [-0.05, 0) is 37.3 Å². The van der Waals surface area contributed by atoms with E-state index >= 15 is 0 Å². The summed E-state index contributed by atoms with van der Waals surface area (Å²) in [6.07, 6.45) is 1.46. The van der Waals surface area contributed by atoms with Gasteiger partial charge < -0.3 is 15.2 Å². The van der Waals surface area contributed by atoms with E-state index in [9.17, 15) is 0 Å². The van der Waals surface area contributed by atoms with Crippen LogP contribution in [0.3, 0.4) is 0 Å². The standard InChI is InChI=1S/C16H15N3O2/c1-2-20-14-5-3-4-6-15(14)21-16-12-8-7-11(17)9-13(12)18-10-19-16/h3-10H,2,17H2,1H3. The van der Waals surface area contributed by atoms with Gasteiger partial charge in [0.05, 0.1) is 17.5 Å².